The van der Waals surface area contributed by atoms with Crippen LogP contribution in [0.1, 0.15) is 40.5 Å². The van der Waals surface area contributed by atoms with Crippen LogP contribution in [0.15, 0.2) is 54.9 Å². The second kappa shape index (κ2) is 9.36. The Morgan fingerprint density at radius 3 is 2.31 bits per heavy atom. The quantitative estimate of drug-likeness (QED) is 0.461. The molecule has 2 aromatic carbocycles. The van der Waals surface area contributed by atoms with Crippen molar-refractivity contribution < 1.29 is 19.1 Å². The summed E-state index contributed by atoms with van der Waals surface area (Å²) in [5.41, 5.74) is 2.00. The van der Waals surface area contributed by atoms with E-state index in [4.69, 9.17) is 4.74 Å². The fourth-order valence-electron chi connectivity index (χ4n) is 2.52. The zero-order chi connectivity index (χ0) is 20.6. The minimum absolute atomic E-state index is 0.0772. The number of nitrogens with one attached hydrogen (secondary N) is 1. The molecule has 0 aliphatic rings. The third-order valence-corrected chi connectivity index (χ3v) is 4.02. The van der Waals surface area contributed by atoms with Gasteiger partial charge in [0, 0.05) is 17.7 Å². The molecule has 3 rings (SSSR count). The number of Topliss-reactive ketones (excluding diaryl/α,β-unsaturated/α-hetero) is 1. The Labute approximate surface area is 166 Å². The molecule has 1 heterocycles. The van der Waals surface area contributed by atoms with Gasteiger partial charge in [-0.25, -0.2) is 9.48 Å². The molecule has 3 aromatic rings. The number of hydrogen-bond donors (Lipinski definition) is 1. The number of amides is 1. The van der Waals surface area contributed by atoms with Crippen LogP contribution < -0.4 is 5.32 Å². The second-order valence-corrected chi connectivity index (χ2v) is 6.18. The largest absolute Gasteiger partial charge is 0.454 e. The molecular formula is C20H19N5O4. The van der Waals surface area contributed by atoms with E-state index in [1.807, 2.05) is 6.92 Å². The van der Waals surface area contributed by atoms with Gasteiger partial charge in [-0.1, -0.05) is 6.92 Å². The Morgan fingerprint density at radius 2 is 1.69 bits per heavy atom. The lowest BCUT2D eigenvalue weighted by Crippen LogP contribution is -2.15. The summed E-state index contributed by atoms with van der Waals surface area (Å²) in [5, 5.41) is 13.6. The van der Waals surface area contributed by atoms with Crippen molar-refractivity contribution in [3.05, 3.63) is 66.0 Å². The van der Waals surface area contributed by atoms with Gasteiger partial charge < -0.3 is 10.1 Å². The molecule has 0 radical (unpaired) electrons. The second-order valence-electron chi connectivity index (χ2n) is 6.18. The van der Waals surface area contributed by atoms with E-state index in [1.165, 1.54) is 11.0 Å². The molecular weight excluding hydrogens is 374 g/mol. The average Bonchev–Trinajstić information content (AvgIpc) is 3.27. The molecule has 0 unspecified atom stereocenters. The molecule has 0 atom stereocenters. The van der Waals surface area contributed by atoms with Gasteiger partial charge in [-0.15, -0.1) is 5.10 Å². The number of hydrogen-bond acceptors (Lipinski definition) is 7. The highest BCUT2D eigenvalue weighted by molar-refractivity contribution is 6.00. The first kappa shape index (κ1) is 19.9. The van der Waals surface area contributed by atoms with Crippen molar-refractivity contribution in [1.29, 1.82) is 0 Å². The Kier molecular flexibility index (Phi) is 6.41. The van der Waals surface area contributed by atoms with Gasteiger partial charge in [0.05, 0.1) is 11.3 Å². The predicted octanol–water partition coefficient (Wildman–Crippen LogP) is 2.44. The molecule has 0 bridgehead atoms. The lowest BCUT2D eigenvalue weighted by molar-refractivity contribution is -0.116. The van der Waals surface area contributed by atoms with Crippen LogP contribution in [-0.4, -0.2) is 44.5 Å². The summed E-state index contributed by atoms with van der Waals surface area (Å²) >= 11 is 0. The lowest BCUT2D eigenvalue weighted by Gasteiger charge is -2.07. The number of carbonyl (C=O) groups excluding carboxylic acids is 3. The number of rotatable bonds is 8. The van der Waals surface area contributed by atoms with Crippen molar-refractivity contribution in [2.45, 2.75) is 19.8 Å². The third-order valence-electron chi connectivity index (χ3n) is 4.02. The molecule has 148 valence electrons. The number of aromatic nitrogens is 4. The normalized spacial score (nSPS) is 10.4. The number of esters is 1. The number of carbonyl (C=O) groups is 3. The maximum Gasteiger partial charge on any atom is 0.338 e. The standard InChI is InChI=1S/C20H19N5O4/c1-2-3-19(27)22-16-8-4-14(5-9-16)18(26)12-29-20(28)15-6-10-17(11-7-15)25-13-21-23-24-25/h4-11,13H,2-3,12H2,1H3,(H,22,27). The van der Waals surface area contributed by atoms with Gasteiger partial charge in [0.15, 0.2) is 12.4 Å². The Hall–Kier alpha value is -3.88. The van der Waals surface area contributed by atoms with Crippen LogP contribution in [0.5, 0.6) is 0 Å². The predicted molar refractivity (Wildman–Crippen MR) is 104 cm³/mol. The molecule has 29 heavy (non-hydrogen) atoms. The molecule has 9 heteroatoms. The average molecular weight is 393 g/mol. The minimum atomic E-state index is -0.606. The first-order chi connectivity index (χ1) is 14.1. The van der Waals surface area contributed by atoms with Gasteiger partial charge in [-0.2, -0.15) is 0 Å². The monoisotopic (exact) mass is 393 g/mol. The molecule has 9 nitrogen and oxygen atoms in total. The number of nitrogens with zero attached hydrogens (tertiary/aromatic N) is 4. The number of ether oxygens (including phenoxy) is 1. The maximum absolute atomic E-state index is 12.2. The van der Waals surface area contributed by atoms with Gasteiger partial charge in [-0.3, -0.25) is 9.59 Å². The molecule has 0 saturated heterocycles. The van der Waals surface area contributed by atoms with E-state index in [1.54, 1.807) is 48.5 Å². The van der Waals surface area contributed by atoms with Crippen LogP contribution in [-0.2, 0) is 9.53 Å². The Morgan fingerprint density at radius 1 is 1.00 bits per heavy atom. The molecule has 1 N–H and O–H groups in total. The number of benzene rings is 2. The van der Waals surface area contributed by atoms with Crippen LogP contribution >= 0.6 is 0 Å². The molecule has 0 fully saturated rings. The van der Waals surface area contributed by atoms with E-state index in [0.29, 0.717) is 28.9 Å². The third kappa shape index (κ3) is 5.32. The SMILES string of the molecule is CCCC(=O)Nc1ccc(C(=O)COC(=O)c2ccc(-n3cnnn3)cc2)cc1. The van der Waals surface area contributed by atoms with Crippen molar-refractivity contribution in [3.8, 4) is 5.69 Å². The summed E-state index contributed by atoms with van der Waals surface area (Å²) in [6.07, 6.45) is 2.63. The maximum atomic E-state index is 12.2. The molecule has 1 amide bonds. The van der Waals surface area contributed by atoms with Crippen molar-refractivity contribution >= 4 is 23.3 Å². The highest BCUT2D eigenvalue weighted by Gasteiger charge is 2.12. The van der Waals surface area contributed by atoms with Crippen molar-refractivity contribution in [2.75, 3.05) is 11.9 Å². The summed E-state index contributed by atoms with van der Waals surface area (Å²) in [6.45, 7) is 1.54. The smallest absolute Gasteiger partial charge is 0.338 e. The van der Waals surface area contributed by atoms with Crippen LogP contribution in [0.4, 0.5) is 5.69 Å². The van der Waals surface area contributed by atoms with E-state index in [0.717, 1.165) is 6.42 Å². The fourth-order valence-corrected chi connectivity index (χ4v) is 2.52. The summed E-state index contributed by atoms with van der Waals surface area (Å²) in [5.74, 6) is -1.02. The lowest BCUT2D eigenvalue weighted by atomic mass is 10.1. The minimum Gasteiger partial charge on any atom is -0.454 e. The Balaban J connectivity index is 1.53. The fraction of sp³-hybridized carbons (Fsp3) is 0.200. The van der Waals surface area contributed by atoms with Gasteiger partial charge in [0.2, 0.25) is 5.91 Å². The van der Waals surface area contributed by atoms with Gasteiger partial charge >= 0.3 is 5.97 Å². The topological polar surface area (TPSA) is 116 Å². The first-order valence-corrected chi connectivity index (χ1v) is 9.00. The van der Waals surface area contributed by atoms with E-state index in [2.05, 4.69) is 20.8 Å². The van der Waals surface area contributed by atoms with E-state index >= 15 is 0 Å². The van der Waals surface area contributed by atoms with Gasteiger partial charge in [-0.05, 0) is 65.4 Å². The summed E-state index contributed by atoms with van der Waals surface area (Å²) in [4.78, 5) is 36.0. The van der Waals surface area contributed by atoms with Crippen LogP contribution in [0, 0.1) is 0 Å². The van der Waals surface area contributed by atoms with E-state index in [-0.39, 0.29) is 18.3 Å². The molecule has 0 aliphatic heterocycles. The number of tetrazole rings is 1. The Bertz CT molecular complexity index is 983. The van der Waals surface area contributed by atoms with Crippen molar-refractivity contribution in [2.24, 2.45) is 0 Å². The zero-order valence-electron chi connectivity index (χ0n) is 15.7. The molecule has 0 spiro atoms. The highest BCUT2D eigenvalue weighted by Crippen LogP contribution is 2.12. The summed E-state index contributed by atoms with van der Waals surface area (Å²) in [6, 6.07) is 12.9. The zero-order valence-corrected chi connectivity index (χ0v) is 15.7. The van der Waals surface area contributed by atoms with Crippen LogP contribution in [0.25, 0.3) is 5.69 Å². The van der Waals surface area contributed by atoms with Crippen molar-refractivity contribution in [1.82, 2.24) is 20.2 Å². The van der Waals surface area contributed by atoms with E-state index in [9.17, 15) is 14.4 Å². The number of anilines is 1. The molecule has 1 aromatic heterocycles. The molecule has 0 aliphatic carbocycles. The number of ketones is 1. The van der Waals surface area contributed by atoms with Crippen molar-refractivity contribution in [3.63, 3.8) is 0 Å². The molecule has 0 saturated carbocycles. The van der Waals surface area contributed by atoms with Crippen LogP contribution in [0.3, 0.4) is 0 Å². The highest BCUT2D eigenvalue weighted by atomic mass is 16.5. The first-order valence-electron chi connectivity index (χ1n) is 9.00. The van der Waals surface area contributed by atoms with Crippen LogP contribution in [0.2, 0.25) is 0 Å². The summed E-state index contributed by atoms with van der Waals surface area (Å²) in [7, 11) is 0. The summed E-state index contributed by atoms with van der Waals surface area (Å²) < 4.78 is 6.55. The van der Waals surface area contributed by atoms with Gasteiger partial charge in [0.25, 0.3) is 0 Å². The van der Waals surface area contributed by atoms with E-state index < -0.39 is 5.97 Å². The van der Waals surface area contributed by atoms with Gasteiger partial charge in [0.1, 0.15) is 6.33 Å².